The van der Waals surface area contributed by atoms with Gasteiger partial charge in [-0.1, -0.05) is 23.7 Å². The van der Waals surface area contributed by atoms with E-state index in [-0.39, 0.29) is 6.04 Å². The van der Waals surface area contributed by atoms with Gasteiger partial charge in [-0.15, -0.1) is 0 Å². The molecular formula is C23H24ClN5. The van der Waals surface area contributed by atoms with E-state index in [4.69, 9.17) is 23.1 Å². The third-order valence-corrected chi connectivity index (χ3v) is 5.38. The van der Waals surface area contributed by atoms with Crippen molar-refractivity contribution in [2.45, 2.75) is 19.4 Å². The number of hydrogen-bond donors (Lipinski definition) is 4. The molecule has 0 saturated carbocycles. The lowest BCUT2D eigenvalue weighted by molar-refractivity contribution is 0.683. The molecule has 0 radical (unpaired) electrons. The Balaban J connectivity index is 1.79. The highest BCUT2D eigenvalue weighted by Crippen LogP contribution is 2.35. The average Bonchev–Trinajstić information content (AvgIpc) is 2.89. The molecule has 1 atom stereocenters. The zero-order chi connectivity index (χ0) is 20.4. The van der Waals surface area contributed by atoms with E-state index in [2.05, 4.69) is 33.8 Å². The Morgan fingerprint density at radius 3 is 2.55 bits per heavy atom. The first-order valence-electron chi connectivity index (χ1n) is 9.60. The van der Waals surface area contributed by atoms with Crippen LogP contribution in [0.2, 0.25) is 5.02 Å². The molecule has 6 heteroatoms. The number of anilines is 2. The first kappa shape index (κ1) is 19.2. The molecule has 1 aliphatic rings. The molecule has 4 rings (SSSR count). The summed E-state index contributed by atoms with van der Waals surface area (Å²) in [6.07, 6.45) is 2.72. The Morgan fingerprint density at radius 1 is 1.10 bits per heavy atom. The number of pyridine rings is 1. The molecule has 0 bridgehead atoms. The van der Waals surface area contributed by atoms with Crippen LogP contribution in [0.15, 0.2) is 66.5 Å². The minimum Gasteiger partial charge on any atom is -0.401 e. The van der Waals surface area contributed by atoms with Gasteiger partial charge in [0.15, 0.2) is 0 Å². The highest BCUT2D eigenvalue weighted by molar-refractivity contribution is 6.30. The van der Waals surface area contributed by atoms with Crippen molar-refractivity contribution >= 4 is 28.8 Å². The van der Waals surface area contributed by atoms with E-state index >= 15 is 0 Å². The van der Waals surface area contributed by atoms with Crippen molar-refractivity contribution in [3.8, 4) is 11.1 Å². The number of nitrogens with one attached hydrogen (secondary N) is 2. The molecule has 5 nitrogen and oxygen atoms in total. The molecule has 6 N–H and O–H groups in total. The lowest BCUT2D eigenvalue weighted by atomic mass is 9.93. The van der Waals surface area contributed by atoms with Crippen molar-refractivity contribution in [1.29, 1.82) is 0 Å². The normalized spacial score (nSPS) is 17.7. The number of aromatic nitrogens is 1. The van der Waals surface area contributed by atoms with Crippen LogP contribution in [0.5, 0.6) is 0 Å². The van der Waals surface area contributed by atoms with Gasteiger partial charge in [-0.3, -0.25) is 0 Å². The zero-order valence-electron chi connectivity index (χ0n) is 16.2. The van der Waals surface area contributed by atoms with E-state index in [9.17, 15) is 0 Å². The van der Waals surface area contributed by atoms with Crippen LogP contribution in [-0.4, -0.2) is 11.5 Å². The largest absolute Gasteiger partial charge is 0.401 e. The van der Waals surface area contributed by atoms with Gasteiger partial charge in [-0.2, -0.15) is 0 Å². The molecule has 2 heterocycles. The highest BCUT2D eigenvalue weighted by atomic mass is 35.5. The fourth-order valence-electron chi connectivity index (χ4n) is 3.68. The summed E-state index contributed by atoms with van der Waals surface area (Å²) in [6.45, 7) is 2.75. The number of fused-ring (bicyclic) bond motifs is 1. The van der Waals surface area contributed by atoms with E-state index in [0.717, 1.165) is 51.8 Å². The SMILES string of the molecule is C/C(N)=C1/NCCC(Nc2ccc(Cl)cc2)c2cc(-c3ccc(N)nc3)ccc21. The van der Waals surface area contributed by atoms with Gasteiger partial charge in [0.25, 0.3) is 0 Å². The summed E-state index contributed by atoms with van der Waals surface area (Å²) in [7, 11) is 0. The molecule has 1 unspecified atom stereocenters. The predicted octanol–water partition coefficient (Wildman–Crippen LogP) is 4.78. The van der Waals surface area contributed by atoms with Crippen molar-refractivity contribution in [3.63, 3.8) is 0 Å². The summed E-state index contributed by atoms with van der Waals surface area (Å²) in [5, 5.41) is 7.87. The first-order chi connectivity index (χ1) is 14.0. The van der Waals surface area contributed by atoms with Gasteiger partial charge in [0.1, 0.15) is 5.82 Å². The summed E-state index contributed by atoms with van der Waals surface area (Å²) in [5.74, 6) is 0.513. The van der Waals surface area contributed by atoms with Gasteiger partial charge in [-0.25, -0.2) is 4.98 Å². The summed E-state index contributed by atoms with van der Waals surface area (Å²) < 4.78 is 0. The van der Waals surface area contributed by atoms with Crippen LogP contribution in [0, 0.1) is 0 Å². The number of benzene rings is 2. The lowest BCUT2D eigenvalue weighted by Gasteiger charge is -2.21. The van der Waals surface area contributed by atoms with Crippen LogP contribution in [0.25, 0.3) is 16.8 Å². The Bertz CT molecular complexity index is 1040. The Labute approximate surface area is 175 Å². The number of nitrogens with zero attached hydrogens (tertiary/aromatic N) is 1. The number of hydrogen-bond acceptors (Lipinski definition) is 5. The van der Waals surface area contributed by atoms with E-state index in [1.807, 2.05) is 43.3 Å². The maximum absolute atomic E-state index is 6.19. The molecule has 0 saturated heterocycles. The lowest BCUT2D eigenvalue weighted by Crippen LogP contribution is -2.16. The quantitative estimate of drug-likeness (QED) is 0.503. The third-order valence-electron chi connectivity index (χ3n) is 5.13. The first-order valence-corrected chi connectivity index (χ1v) is 9.97. The number of nitrogen functional groups attached to an aromatic ring is 1. The van der Waals surface area contributed by atoms with Crippen molar-refractivity contribution in [2.75, 3.05) is 17.6 Å². The second kappa shape index (κ2) is 8.05. The van der Waals surface area contributed by atoms with Gasteiger partial charge in [-0.05, 0) is 66.9 Å². The molecule has 0 amide bonds. The molecule has 148 valence electrons. The van der Waals surface area contributed by atoms with Crippen molar-refractivity contribution in [3.05, 3.63) is 82.6 Å². The van der Waals surface area contributed by atoms with E-state index < -0.39 is 0 Å². The van der Waals surface area contributed by atoms with E-state index in [1.165, 1.54) is 5.56 Å². The molecule has 2 aromatic carbocycles. The van der Waals surface area contributed by atoms with Gasteiger partial charge in [0.05, 0.1) is 11.7 Å². The number of nitrogens with two attached hydrogens (primary N) is 2. The fraction of sp³-hybridized carbons (Fsp3) is 0.174. The van der Waals surface area contributed by atoms with Crippen LogP contribution < -0.4 is 22.1 Å². The number of rotatable bonds is 3. The van der Waals surface area contributed by atoms with Gasteiger partial charge >= 0.3 is 0 Å². The zero-order valence-corrected chi connectivity index (χ0v) is 17.0. The molecule has 1 aliphatic heterocycles. The standard InChI is InChI=1S/C23H24ClN5/c1-14(25)23-19-8-2-15(16-3-9-22(26)28-13-16)12-20(19)21(10-11-27-23)29-18-6-4-17(24)5-7-18/h2-9,12-13,21,27,29H,10-11,25H2,1H3,(H2,26,28)/b23-14-. The van der Waals surface area contributed by atoms with Gasteiger partial charge in [0.2, 0.25) is 0 Å². The van der Waals surface area contributed by atoms with E-state index in [0.29, 0.717) is 5.82 Å². The number of halogens is 1. The second-order valence-corrected chi connectivity index (χ2v) is 7.69. The third kappa shape index (κ3) is 4.15. The van der Waals surface area contributed by atoms with Gasteiger partial charge < -0.3 is 22.1 Å². The molecule has 0 aliphatic carbocycles. The van der Waals surface area contributed by atoms with Crippen molar-refractivity contribution < 1.29 is 0 Å². The minimum absolute atomic E-state index is 0.122. The summed E-state index contributed by atoms with van der Waals surface area (Å²) >= 11 is 6.04. The molecule has 3 aromatic rings. The Kier molecular flexibility index (Phi) is 5.32. The second-order valence-electron chi connectivity index (χ2n) is 7.25. The summed E-state index contributed by atoms with van der Waals surface area (Å²) in [5.41, 5.74) is 19.2. The molecular weight excluding hydrogens is 382 g/mol. The molecule has 0 spiro atoms. The maximum Gasteiger partial charge on any atom is 0.123 e. The van der Waals surface area contributed by atoms with Crippen LogP contribution in [0.4, 0.5) is 11.5 Å². The smallest absolute Gasteiger partial charge is 0.123 e. The van der Waals surface area contributed by atoms with Crippen molar-refractivity contribution in [1.82, 2.24) is 10.3 Å². The fourth-order valence-corrected chi connectivity index (χ4v) is 3.80. The summed E-state index contributed by atoms with van der Waals surface area (Å²) in [6, 6.07) is 18.2. The predicted molar refractivity (Wildman–Crippen MR) is 121 cm³/mol. The highest BCUT2D eigenvalue weighted by Gasteiger charge is 2.23. The molecule has 0 fully saturated rings. The van der Waals surface area contributed by atoms with Crippen LogP contribution in [0.3, 0.4) is 0 Å². The average molecular weight is 406 g/mol. The monoisotopic (exact) mass is 405 g/mol. The van der Waals surface area contributed by atoms with Crippen LogP contribution in [-0.2, 0) is 0 Å². The molecule has 1 aromatic heterocycles. The van der Waals surface area contributed by atoms with Crippen LogP contribution >= 0.6 is 11.6 Å². The Morgan fingerprint density at radius 2 is 1.86 bits per heavy atom. The number of allylic oxidation sites excluding steroid dienone is 1. The Hall–Kier alpha value is -3.18. The summed E-state index contributed by atoms with van der Waals surface area (Å²) in [4.78, 5) is 4.23. The molecule has 29 heavy (non-hydrogen) atoms. The topological polar surface area (TPSA) is 89.0 Å². The maximum atomic E-state index is 6.19. The van der Waals surface area contributed by atoms with Crippen LogP contribution in [0.1, 0.15) is 30.5 Å². The minimum atomic E-state index is 0.122. The van der Waals surface area contributed by atoms with Crippen molar-refractivity contribution in [2.24, 2.45) is 5.73 Å². The van der Waals surface area contributed by atoms with Gasteiger partial charge in [0, 0.05) is 40.3 Å². The van der Waals surface area contributed by atoms with E-state index in [1.54, 1.807) is 6.20 Å².